The topological polar surface area (TPSA) is 54.9 Å². The van der Waals surface area contributed by atoms with Crippen molar-refractivity contribution in [2.24, 2.45) is 0 Å². The van der Waals surface area contributed by atoms with E-state index in [1.807, 2.05) is 45.0 Å². The highest BCUT2D eigenvalue weighted by molar-refractivity contribution is 7.15. The summed E-state index contributed by atoms with van der Waals surface area (Å²) in [7, 11) is 0. The Hall–Kier alpha value is -3.05. The van der Waals surface area contributed by atoms with Crippen molar-refractivity contribution in [2.75, 3.05) is 5.32 Å². The lowest BCUT2D eigenvalue weighted by molar-refractivity contribution is 0.102. The van der Waals surface area contributed by atoms with Gasteiger partial charge in [0.2, 0.25) is 0 Å². The van der Waals surface area contributed by atoms with Gasteiger partial charge in [-0.25, -0.2) is 9.97 Å². The zero-order chi connectivity index (χ0) is 21.4. The lowest BCUT2D eigenvalue weighted by atomic mass is 9.99. The molecule has 0 atom stereocenters. The Morgan fingerprint density at radius 3 is 2.33 bits per heavy atom. The highest BCUT2D eigenvalue weighted by Crippen LogP contribution is 2.28. The molecule has 2 aromatic carbocycles. The van der Waals surface area contributed by atoms with E-state index in [1.165, 1.54) is 16.9 Å². The smallest absolute Gasteiger partial charge is 0.258 e. The van der Waals surface area contributed by atoms with Crippen LogP contribution in [0.3, 0.4) is 0 Å². The summed E-state index contributed by atoms with van der Waals surface area (Å²) in [5, 5.41) is 4.44. The predicted molar refractivity (Wildman–Crippen MR) is 126 cm³/mol. The van der Waals surface area contributed by atoms with Gasteiger partial charge in [-0.1, -0.05) is 49.7 Å². The number of thiazole rings is 1. The lowest BCUT2D eigenvalue weighted by Crippen LogP contribution is -2.13. The molecule has 152 valence electrons. The van der Waals surface area contributed by atoms with Crippen LogP contribution in [0, 0.1) is 20.8 Å². The van der Waals surface area contributed by atoms with Gasteiger partial charge in [-0.3, -0.25) is 10.1 Å². The second-order valence-electron chi connectivity index (χ2n) is 7.97. The number of fused-ring (bicyclic) bond motifs is 1. The summed E-state index contributed by atoms with van der Waals surface area (Å²) in [5.74, 6) is 0.305. The Bertz CT molecular complexity index is 1220. The van der Waals surface area contributed by atoms with E-state index in [9.17, 15) is 4.79 Å². The fourth-order valence-corrected chi connectivity index (χ4v) is 4.21. The quantitative estimate of drug-likeness (QED) is 0.405. The summed E-state index contributed by atoms with van der Waals surface area (Å²) >= 11 is 1.49. The molecule has 4 aromatic rings. The van der Waals surface area contributed by atoms with Gasteiger partial charge in [0.05, 0.1) is 22.5 Å². The molecule has 0 aliphatic heterocycles. The van der Waals surface area contributed by atoms with Gasteiger partial charge in [-0.15, -0.1) is 11.3 Å². The fraction of sp³-hybridized carbons (Fsp3) is 0.240. The van der Waals surface area contributed by atoms with Gasteiger partial charge in [0, 0.05) is 15.8 Å². The number of aromatic nitrogens is 2. The molecule has 2 heterocycles. The Labute approximate surface area is 181 Å². The number of aryl methyl sites for hydroxylation is 3. The number of pyridine rings is 1. The van der Waals surface area contributed by atoms with Crippen molar-refractivity contribution >= 4 is 33.3 Å². The molecule has 2 aromatic heterocycles. The van der Waals surface area contributed by atoms with Crippen LogP contribution in [0.5, 0.6) is 0 Å². The van der Waals surface area contributed by atoms with Gasteiger partial charge in [0.15, 0.2) is 5.13 Å². The largest absolute Gasteiger partial charge is 0.298 e. The van der Waals surface area contributed by atoms with Crippen LogP contribution in [-0.2, 0) is 0 Å². The van der Waals surface area contributed by atoms with Crippen molar-refractivity contribution in [2.45, 2.75) is 40.5 Å². The second-order valence-corrected chi connectivity index (χ2v) is 9.17. The van der Waals surface area contributed by atoms with E-state index in [-0.39, 0.29) is 5.91 Å². The molecule has 0 bridgehead atoms. The van der Waals surface area contributed by atoms with Crippen LogP contribution in [0.1, 0.15) is 51.8 Å². The van der Waals surface area contributed by atoms with Crippen LogP contribution in [0.15, 0.2) is 48.5 Å². The first-order valence-electron chi connectivity index (χ1n) is 10.1. The minimum Gasteiger partial charge on any atom is -0.298 e. The maximum absolute atomic E-state index is 13.2. The van der Waals surface area contributed by atoms with E-state index < -0.39 is 0 Å². The zero-order valence-electron chi connectivity index (χ0n) is 17.9. The van der Waals surface area contributed by atoms with Crippen molar-refractivity contribution in [3.63, 3.8) is 0 Å². The Morgan fingerprint density at radius 1 is 0.967 bits per heavy atom. The molecule has 4 rings (SSSR count). The lowest BCUT2D eigenvalue weighted by Gasteiger charge is -2.11. The normalized spacial score (nSPS) is 11.3. The number of nitrogens with zero attached hydrogens (tertiary/aromatic N) is 2. The molecular formula is C25H25N3OS. The maximum Gasteiger partial charge on any atom is 0.258 e. The molecule has 0 aliphatic rings. The summed E-state index contributed by atoms with van der Waals surface area (Å²) < 4.78 is 0. The second kappa shape index (κ2) is 8.00. The summed E-state index contributed by atoms with van der Waals surface area (Å²) in [6.45, 7) is 10.3. The molecule has 0 saturated carbocycles. The minimum atomic E-state index is -0.165. The van der Waals surface area contributed by atoms with Crippen molar-refractivity contribution in [3.8, 4) is 11.3 Å². The Kier molecular flexibility index (Phi) is 5.39. The number of hydrogen-bond donors (Lipinski definition) is 1. The zero-order valence-corrected chi connectivity index (χ0v) is 18.7. The molecular weight excluding hydrogens is 390 g/mol. The summed E-state index contributed by atoms with van der Waals surface area (Å²) in [6.07, 6.45) is 0. The van der Waals surface area contributed by atoms with E-state index in [2.05, 4.69) is 48.4 Å². The Balaban J connectivity index is 1.80. The molecule has 5 heteroatoms. The van der Waals surface area contributed by atoms with Gasteiger partial charge in [0.25, 0.3) is 5.91 Å². The highest BCUT2D eigenvalue weighted by atomic mass is 32.1. The summed E-state index contributed by atoms with van der Waals surface area (Å²) in [5.41, 5.74) is 6.52. The van der Waals surface area contributed by atoms with Gasteiger partial charge >= 0.3 is 0 Å². The number of anilines is 1. The first-order chi connectivity index (χ1) is 14.3. The molecule has 1 N–H and O–H groups in total. The third kappa shape index (κ3) is 3.98. The van der Waals surface area contributed by atoms with Crippen LogP contribution in [0.25, 0.3) is 22.2 Å². The van der Waals surface area contributed by atoms with Gasteiger partial charge in [-0.05, 0) is 50.5 Å². The molecule has 0 fully saturated rings. The first-order valence-corrected chi connectivity index (χ1v) is 10.9. The van der Waals surface area contributed by atoms with E-state index in [0.29, 0.717) is 16.6 Å². The van der Waals surface area contributed by atoms with Crippen molar-refractivity contribution in [1.82, 2.24) is 9.97 Å². The van der Waals surface area contributed by atoms with Gasteiger partial charge in [-0.2, -0.15) is 0 Å². The number of benzene rings is 2. The monoisotopic (exact) mass is 415 g/mol. The molecule has 30 heavy (non-hydrogen) atoms. The molecule has 4 nitrogen and oxygen atoms in total. The number of rotatable bonds is 4. The SMILES string of the molecule is Cc1ccc2nc(-c3ccc(C(C)C)cc3)cc(C(=O)Nc3nc(C)c(C)s3)c2c1. The molecule has 0 radical (unpaired) electrons. The number of hydrogen-bond acceptors (Lipinski definition) is 4. The summed E-state index contributed by atoms with van der Waals surface area (Å²) in [4.78, 5) is 23.6. The molecule has 0 spiro atoms. The first kappa shape index (κ1) is 20.2. The number of amides is 1. The van der Waals surface area contributed by atoms with E-state index >= 15 is 0 Å². The van der Waals surface area contributed by atoms with Crippen LogP contribution in [0.2, 0.25) is 0 Å². The van der Waals surface area contributed by atoms with E-state index in [1.54, 1.807) is 0 Å². The molecule has 0 saturated heterocycles. The molecule has 0 aliphatic carbocycles. The average Bonchev–Trinajstić information content (AvgIpc) is 3.04. The van der Waals surface area contributed by atoms with Crippen LogP contribution >= 0.6 is 11.3 Å². The van der Waals surface area contributed by atoms with Crippen molar-refractivity contribution in [1.29, 1.82) is 0 Å². The third-order valence-corrected chi connectivity index (χ3v) is 6.32. The van der Waals surface area contributed by atoms with Gasteiger partial charge < -0.3 is 0 Å². The Morgan fingerprint density at radius 2 is 1.70 bits per heavy atom. The standard InChI is InChI=1S/C25H25N3OS/c1-14(2)18-7-9-19(10-8-18)23-13-21(20-12-15(3)6-11-22(20)27-23)24(29)28-25-26-16(4)17(5)30-25/h6-14H,1-5H3,(H,26,28,29). The third-order valence-electron chi connectivity index (χ3n) is 5.33. The van der Waals surface area contributed by atoms with Crippen molar-refractivity contribution in [3.05, 3.63) is 75.8 Å². The molecule has 1 amide bonds. The predicted octanol–water partition coefficient (Wildman–Crippen LogP) is 6.66. The molecule has 0 unspecified atom stereocenters. The van der Waals surface area contributed by atoms with Crippen LogP contribution in [-0.4, -0.2) is 15.9 Å². The van der Waals surface area contributed by atoms with Crippen LogP contribution in [0.4, 0.5) is 5.13 Å². The van der Waals surface area contributed by atoms with Crippen molar-refractivity contribution < 1.29 is 4.79 Å². The average molecular weight is 416 g/mol. The highest BCUT2D eigenvalue weighted by Gasteiger charge is 2.16. The number of carbonyl (C=O) groups excluding carboxylic acids is 1. The van der Waals surface area contributed by atoms with E-state index in [4.69, 9.17) is 4.98 Å². The summed E-state index contributed by atoms with van der Waals surface area (Å²) in [6, 6.07) is 16.3. The fourth-order valence-electron chi connectivity index (χ4n) is 3.40. The van der Waals surface area contributed by atoms with Crippen LogP contribution < -0.4 is 5.32 Å². The minimum absolute atomic E-state index is 0.165. The van der Waals surface area contributed by atoms with E-state index in [0.717, 1.165) is 38.3 Å². The number of nitrogens with one attached hydrogen (secondary N) is 1. The van der Waals surface area contributed by atoms with Gasteiger partial charge in [0.1, 0.15) is 0 Å². The number of carbonyl (C=O) groups is 1. The maximum atomic E-state index is 13.2.